The first kappa shape index (κ1) is 12.0. The van der Waals surface area contributed by atoms with Crippen LogP contribution in [0, 0.1) is 0 Å². The van der Waals surface area contributed by atoms with Crippen molar-refractivity contribution >= 4 is 5.97 Å². The fourth-order valence-electron chi connectivity index (χ4n) is 1.41. The van der Waals surface area contributed by atoms with E-state index in [9.17, 15) is 18.0 Å². The molecule has 86 valence electrons. The molecule has 0 saturated carbocycles. The van der Waals surface area contributed by atoms with Crippen LogP contribution in [-0.4, -0.2) is 30.5 Å². The van der Waals surface area contributed by atoms with Gasteiger partial charge in [0, 0.05) is 12.5 Å². The SMILES string of the molecule is C=CC(=O)OC(C)C1(C(F)(F)F)CCO1. The fraction of sp³-hybridized carbons (Fsp3) is 0.667. The number of rotatable bonds is 3. The number of ether oxygens (including phenoxy) is 2. The Kier molecular flexibility index (Phi) is 3.08. The van der Waals surface area contributed by atoms with Crippen molar-refractivity contribution in [3.8, 4) is 0 Å². The largest absolute Gasteiger partial charge is 0.456 e. The minimum atomic E-state index is -4.54. The number of carbonyl (C=O) groups excluding carboxylic acids is 1. The Labute approximate surface area is 84.8 Å². The van der Waals surface area contributed by atoms with Gasteiger partial charge >= 0.3 is 12.1 Å². The average Bonchev–Trinajstić information content (AvgIpc) is 1.98. The second-order valence-corrected chi connectivity index (χ2v) is 3.27. The van der Waals surface area contributed by atoms with Crippen LogP contribution in [0.1, 0.15) is 13.3 Å². The molecule has 1 heterocycles. The molecule has 0 spiro atoms. The van der Waals surface area contributed by atoms with Crippen molar-refractivity contribution in [2.45, 2.75) is 31.2 Å². The van der Waals surface area contributed by atoms with Gasteiger partial charge in [0.1, 0.15) is 6.10 Å². The van der Waals surface area contributed by atoms with Crippen LogP contribution in [0.2, 0.25) is 0 Å². The lowest BCUT2D eigenvalue weighted by molar-refractivity contribution is -0.351. The van der Waals surface area contributed by atoms with Gasteiger partial charge in [-0.3, -0.25) is 0 Å². The molecule has 0 N–H and O–H groups in total. The lowest BCUT2D eigenvalue weighted by Gasteiger charge is -2.45. The number of hydrogen-bond donors (Lipinski definition) is 0. The Bertz CT molecular complexity index is 268. The van der Waals surface area contributed by atoms with Gasteiger partial charge in [-0.15, -0.1) is 0 Å². The van der Waals surface area contributed by atoms with E-state index in [1.165, 1.54) is 0 Å². The van der Waals surface area contributed by atoms with Crippen LogP contribution in [0.4, 0.5) is 13.2 Å². The predicted octanol–water partition coefficient (Wildman–Crippen LogP) is 1.83. The topological polar surface area (TPSA) is 35.5 Å². The molecule has 1 rings (SSSR count). The Morgan fingerprint density at radius 3 is 2.47 bits per heavy atom. The molecule has 0 radical (unpaired) electrons. The maximum absolute atomic E-state index is 12.6. The predicted molar refractivity (Wildman–Crippen MR) is 45.1 cm³/mol. The number of esters is 1. The van der Waals surface area contributed by atoms with E-state index in [1.807, 2.05) is 0 Å². The van der Waals surface area contributed by atoms with E-state index in [-0.39, 0.29) is 13.0 Å². The van der Waals surface area contributed by atoms with Gasteiger partial charge in [0.05, 0.1) is 6.61 Å². The van der Waals surface area contributed by atoms with Crippen molar-refractivity contribution in [2.24, 2.45) is 0 Å². The second-order valence-electron chi connectivity index (χ2n) is 3.27. The molecule has 1 fully saturated rings. The molecule has 0 bridgehead atoms. The number of hydrogen-bond acceptors (Lipinski definition) is 3. The van der Waals surface area contributed by atoms with Crippen molar-refractivity contribution in [3.05, 3.63) is 12.7 Å². The van der Waals surface area contributed by atoms with Crippen molar-refractivity contribution < 1.29 is 27.4 Å². The summed E-state index contributed by atoms with van der Waals surface area (Å²) in [6.07, 6.45) is -5.27. The highest BCUT2D eigenvalue weighted by Crippen LogP contribution is 2.45. The molecule has 1 aliphatic heterocycles. The molecule has 1 saturated heterocycles. The first-order valence-electron chi connectivity index (χ1n) is 4.37. The van der Waals surface area contributed by atoms with Crippen molar-refractivity contribution in [3.63, 3.8) is 0 Å². The van der Waals surface area contributed by atoms with Crippen LogP contribution in [0.5, 0.6) is 0 Å². The quantitative estimate of drug-likeness (QED) is 0.542. The maximum Gasteiger partial charge on any atom is 0.421 e. The van der Waals surface area contributed by atoms with E-state index in [0.717, 1.165) is 13.0 Å². The van der Waals surface area contributed by atoms with Gasteiger partial charge in [-0.1, -0.05) is 6.58 Å². The summed E-state index contributed by atoms with van der Waals surface area (Å²) in [4.78, 5) is 10.8. The van der Waals surface area contributed by atoms with E-state index < -0.39 is 23.9 Å². The Morgan fingerprint density at radius 1 is 1.67 bits per heavy atom. The van der Waals surface area contributed by atoms with Crippen LogP contribution in [0.15, 0.2) is 12.7 Å². The fourth-order valence-corrected chi connectivity index (χ4v) is 1.41. The van der Waals surface area contributed by atoms with Crippen molar-refractivity contribution in [1.82, 2.24) is 0 Å². The third-order valence-corrected chi connectivity index (χ3v) is 2.43. The molecule has 2 atom stereocenters. The summed E-state index contributed by atoms with van der Waals surface area (Å²) in [6, 6.07) is 0. The Hall–Kier alpha value is -1.04. The molecule has 2 unspecified atom stereocenters. The summed E-state index contributed by atoms with van der Waals surface area (Å²) >= 11 is 0. The molecule has 15 heavy (non-hydrogen) atoms. The highest BCUT2D eigenvalue weighted by Gasteiger charge is 2.64. The number of alkyl halides is 3. The van der Waals surface area contributed by atoms with Gasteiger partial charge in [-0.2, -0.15) is 13.2 Å². The summed E-state index contributed by atoms with van der Waals surface area (Å²) in [5, 5.41) is 0. The molecule has 3 nitrogen and oxygen atoms in total. The molecule has 0 aliphatic carbocycles. The molecule has 0 aromatic heterocycles. The van der Waals surface area contributed by atoms with Gasteiger partial charge in [-0.25, -0.2) is 4.79 Å². The van der Waals surface area contributed by atoms with E-state index in [2.05, 4.69) is 16.1 Å². The maximum atomic E-state index is 12.6. The molecule has 0 aromatic carbocycles. The summed E-state index contributed by atoms with van der Waals surface area (Å²) < 4.78 is 46.9. The summed E-state index contributed by atoms with van der Waals surface area (Å²) in [6.45, 7) is 4.29. The molecule has 0 aromatic rings. The van der Waals surface area contributed by atoms with Crippen molar-refractivity contribution in [1.29, 1.82) is 0 Å². The van der Waals surface area contributed by atoms with E-state index in [4.69, 9.17) is 0 Å². The van der Waals surface area contributed by atoms with Gasteiger partial charge in [0.15, 0.2) is 0 Å². The molecular weight excluding hydrogens is 213 g/mol. The third-order valence-electron chi connectivity index (χ3n) is 2.43. The zero-order chi connectivity index (χ0) is 11.7. The van der Waals surface area contributed by atoms with Crippen LogP contribution >= 0.6 is 0 Å². The first-order valence-corrected chi connectivity index (χ1v) is 4.37. The van der Waals surface area contributed by atoms with Crippen LogP contribution < -0.4 is 0 Å². The highest BCUT2D eigenvalue weighted by atomic mass is 19.4. The Balaban J connectivity index is 2.74. The van der Waals surface area contributed by atoms with Crippen LogP contribution in [0.25, 0.3) is 0 Å². The van der Waals surface area contributed by atoms with E-state index in [0.29, 0.717) is 0 Å². The van der Waals surface area contributed by atoms with E-state index >= 15 is 0 Å². The molecule has 0 amide bonds. The zero-order valence-corrected chi connectivity index (χ0v) is 8.13. The third kappa shape index (κ3) is 1.99. The zero-order valence-electron chi connectivity index (χ0n) is 8.13. The summed E-state index contributed by atoms with van der Waals surface area (Å²) in [5.74, 6) is -0.887. The number of halogens is 3. The van der Waals surface area contributed by atoms with Gasteiger partial charge in [0.2, 0.25) is 5.60 Å². The normalized spacial score (nSPS) is 27.7. The molecule has 1 aliphatic rings. The van der Waals surface area contributed by atoms with Gasteiger partial charge in [-0.05, 0) is 6.92 Å². The standard InChI is InChI=1S/C9H11F3O3/c1-3-7(13)15-6(2)8(4-5-14-8)9(10,11)12/h3,6H,1,4-5H2,2H3. The molecule has 6 heteroatoms. The van der Waals surface area contributed by atoms with Crippen molar-refractivity contribution in [2.75, 3.05) is 6.61 Å². The van der Waals surface area contributed by atoms with Crippen LogP contribution in [0.3, 0.4) is 0 Å². The monoisotopic (exact) mass is 224 g/mol. The van der Waals surface area contributed by atoms with Gasteiger partial charge < -0.3 is 9.47 Å². The number of carbonyl (C=O) groups is 1. The minimum absolute atomic E-state index is 0.0233. The Morgan fingerprint density at radius 2 is 2.20 bits per heavy atom. The van der Waals surface area contributed by atoms with Crippen LogP contribution in [-0.2, 0) is 14.3 Å². The second kappa shape index (κ2) is 3.84. The lowest BCUT2D eigenvalue weighted by Crippen LogP contribution is -2.63. The first-order chi connectivity index (χ1) is 6.83. The lowest BCUT2D eigenvalue weighted by atomic mass is 9.88. The molecular formula is C9H11F3O3. The van der Waals surface area contributed by atoms with Gasteiger partial charge in [0.25, 0.3) is 0 Å². The van der Waals surface area contributed by atoms with E-state index in [1.54, 1.807) is 0 Å². The summed E-state index contributed by atoms with van der Waals surface area (Å²) in [5.41, 5.74) is -2.34. The minimum Gasteiger partial charge on any atom is -0.456 e. The highest BCUT2D eigenvalue weighted by molar-refractivity contribution is 5.81. The summed E-state index contributed by atoms with van der Waals surface area (Å²) in [7, 11) is 0. The smallest absolute Gasteiger partial charge is 0.421 e. The average molecular weight is 224 g/mol.